The Bertz CT molecular complexity index is 1360. The van der Waals surface area contributed by atoms with Crippen molar-refractivity contribution in [1.29, 1.82) is 0 Å². The van der Waals surface area contributed by atoms with E-state index in [0.717, 1.165) is 19.0 Å². The maximum absolute atomic E-state index is 14.0. The monoisotopic (exact) mass is 661 g/mol. The van der Waals surface area contributed by atoms with E-state index in [1.807, 2.05) is 52.0 Å². The van der Waals surface area contributed by atoms with E-state index < -0.39 is 28.5 Å². The van der Waals surface area contributed by atoms with Crippen LogP contribution in [0.15, 0.2) is 83.8 Å². The summed E-state index contributed by atoms with van der Waals surface area (Å²) in [7, 11) is -4.07. The normalized spacial score (nSPS) is 12.2. The number of amides is 2. The summed E-state index contributed by atoms with van der Waals surface area (Å²) in [6.07, 6.45) is 0.385. The number of carbonyl (C=O) groups is 2. The quantitative estimate of drug-likeness (QED) is 0.265. The van der Waals surface area contributed by atoms with E-state index in [-0.39, 0.29) is 23.3 Å². The maximum Gasteiger partial charge on any atom is 0.264 e. The lowest BCUT2D eigenvalue weighted by Gasteiger charge is -2.33. The molecular weight excluding hydrogens is 625 g/mol. The van der Waals surface area contributed by atoms with Gasteiger partial charge < -0.3 is 10.2 Å². The Morgan fingerprint density at radius 1 is 0.949 bits per heavy atom. The Kier molecular flexibility index (Phi) is 10.9. The molecule has 9 heteroatoms. The van der Waals surface area contributed by atoms with Gasteiger partial charge in [-0.05, 0) is 83.8 Å². The number of halogens is 1. The lowest BCUT2D eigenvalue weighted by Crippen LogP contribution is -2.52. The predicted octanol–water partition coefficient (Wildman–Crippen LogP) is 5.37. The number of benzene rings is 3. The van der Waals surface area contributed by atoms with Crippen LogP contribution in [-0.4, -0.2) is 44.3 Å². The SMILES string of the molecule is CC[C@@H](C(=O)NCC(C)C)N(Cc1cccc(C)c1)C(=O)CN(c1ccc(I)cc1)S(=O)(=O)c1ccccc1. The molecule has 0 aliphatic carbocycles. The van der Waals surface area contributed by atoms with Gasteiger partial charge >= 0.3 is 0 Å². The summed E-state index contributed by atoms with van der Waals surface area (Å²) in [5.41, 5.74) is 2.27. The van der Waals surface area contributed by atoms with Gasteiger partial charge in [0.05, 0.1) is 10.6 Å². The van der Waals surface area contributed by atoms with Gasteiger partial charge in [-0.25, -0.2) is 8.42 Å². The van der Waals surface area contributed by atoms with Crippen LogP contribution in [0.5, 0.6) is 0 Å². The zero-order valence-electron chi connectivity index (χ0n) is 22.8. The minimum Gasteiger partial charge on any atom is -0.354 e. The van der Waals surface area contributed by atoms with Crippen molar-refractivity contribution in [2.24, 2.45) is 5.92 Å². The minimum absolute atomic E-state index is 0.0864. The van der Waals surface area contributed by atoms with Crippen molar-refractivity contribution in [3.8, 4) is 0 Å². The van der Waals surface area contributed by atoms with E-state index in [2.05, 4.69) is 27.9 Å². The number of anilines is 1. The average molecular weight is 662 g/mol. The van der Waals surface area contributed by atoms with Crippen molar-refractivity contribution in [2.45, 2.75) is 51.6 Å². The molecule has 0 fully saturated rings. The standard InChI is InChI=1S/C30H36IN3O4S/c1-5-28(30(36)32-19-22(2)3)33(20-24-11-9-10-23(4)18-24)29(35)21-34(26-16-14-25(31)15-17-26)39(37,38)27-12-7-6-8-13-27/h6-18,22,28H,5,19-21H2,1-4H3,(H,32,36)/t28-/m0/s1. The molecule has 0 aromatic heterocycles. The van der Waals surface area contributed by atoms with Crippen molar-refractivity contribution in [3.63, 3.8) is 0 Å². The topological polar surface area (TPSA) is 86.8 Å². The third kappa shape index (κ3) is 8.28. The minimum atomic E-state index is -4.07. The number of nitrogens with one attached hydrogen (secondary N) is 1. The Morgan fingerprint density at radius 2 is 1.62 bits per heavy atom. The van der Waals surface area contributed by atoms with Gasteiger partial charge in [-0.1, -0.05) is 68.8 Å². The molecule has 3 aromatic rings. The van der Waals surface area contributed by atoms with Crippen LogP contribution in [0.1, 0.15) is 38.3 Å². The summed E-state index contributed by atoms with van der Waals surface area (Å²) < 4.78 is 29.7. The van der Waals surface area contributed by atoms with Gasteiger partial charge in [-0.3, -0.25) is 13.9 Å². The third-order valence-electron chi connectivity index (χ3n) is 6.23. The van der Waals surface area contributed by atoms with Gasteiger partial charge in [0.15, 0.2) is 0 Å². The molecule has 0 radical (unpaired) electrons. The Balaban J connectivity index is 2.03. The highest BCUT2D eigenvalue weighted by Crippen LogP contribution is 2.25. The van der Waals surface area contributed by atoms with Crippen LogP contribution < -0.4 is 9.62 Å². The lowest BCUT2D eigenvalue weighted by atomic mass is 10.1. The van der Waals surface area contributed by atoms with E-state index in [0.29, 0.717) is 18.7 Å². The highest BCUT2D eigenvalue weighted by molar-refractivity contribution is 14.1. The summed E-state index contributed by atoms with van der Waals surface area (Å²) in [6.45, 7) is 8.05. The van der Waals surface area contributed by atoms with Gasteiger partial charge in [-0.2, -0.15) is 0 Å². The van der Waals surface area contributed by atoms with E-state index >= 15 is 0 Å². The first-order valence-corrected chi connectivity index (χ1v) is 15.5. The summed E-state index contributed by atoms with van der Waals surface area (Å²) >= 11 is 2.15. The van der Waals surface area contributed by atoms with Gasteiger partial charge in [-0.15, -0.1) is 0 Å². The van der Waals surface area contributed by atoms with Crippen molar-refractivity contribution in [2.75, 3.05) is 17.4 Å². The molecule has 3 aromatic carbocycles. The third-order valence-corrected chi connectivity index (χ3v) is 8.74. The smallest absolute Gasteiger partial charge is 0.264 e. The molecule has 7 nitrogen and oxygen atoms in total. The molecule has 1 N–H and O–H groups in total. The molecule has 3 rings (SSSR count). The van der Waals surface area contributed by atoms with Gasteiger partial charge in [0, 0.05) is 16.7 Å². The number of nitrogens with zero attached hydrogens (tertiary/aromatic N) is 2. The van der Waals surface area contributed by atoms with Crippen molar-refractivity contribution in [1.82, 2.24) is 10.2 Å². The van der Waals surface area contributed by atoms with Crippen LogP contribution in [0.4, 0.5) is 5.69 Å². The first kappa shape index (κ1) is 30.6. The number of sulfonamides is 1. The summed E-state index contributed by atoms with van der Waals surface area (Å²) in [6, 6.07) is 22.0. The zero-order valence-corrected chi connectivity index (χ0v) is 25.8. The molecule has 2 amide bonds. The predicted molar refractivity (Wildman–Crippen MR) is 164 cm³/mol. The molecule has 0 unspecified atom stereocenters. The Morgan fingerprint density at radius 3 is 2.21 bits per heavy atom. The Hall–Kier alpha value is -2.92. The zero-order chi connectivity index (χ0) is 28.6. The fourth-order valence-corrected chi connectivity index (χ4v) is 6.00. The number of aryl methyl sites for hydroxylation is 1. The average Bonchev–Trinajstić information content (AvgIpc) is 2.91. The lowest BCUT2D eigenvalue weighted by molar-refractivity contribution is -0.140. The number of hydrogen-bond acceptors (Lipinski definition) is 4. The van der Waals surface area contributed by atoms with Crippen molar-refractivity contribution < 1.29 is 18.0 Å². The van der Waals surface area contributed by atoms with E-state index in [1.165, 1.54) is 17.0 Å². The Labute approximate surface area is 245 Å². The molecule has 0 spiro atoms. The van der Waals surface area contributed by atoms with Crippen molar-refractivity contribution >= 4 is 50.1 Å². The van der Waals surface area contributed by atoms with E-state index in [4.69, 9.17) is 0 Å². The summed E-state index contributed by atoms with van der Waals surface area (Å²) in [4.78, 5) is 28.9. The molecule has 208 valence electrons. The second-order valence-electron chi connectivity index (χ2n) is 9.87. The fourth-order valence-electron chi connectivity index (χ4n) is 4.21. The second-order valence-corrected chi connectivity index (χ2v) is 13.0. The van der Waals surface area contributed by atoms with Crippen LogP contribution >= 0.6 is 22.6 Å². The van der Waals surface area contributed by atoms with Crippen molar-refractivity contribution in [3.05, 3.63) is 93.6 Å². The molecular formula is C30H36IN3O4S. The van der Waals surface area contributed by atoms with Crippen LogP contribution in [0, 0.1) is 16.4 Å². The first-order valence-electron chi connectivity index (χ1n) is 13.0. The van der Waals surface area contributed by atoms with Gasteiger partial charge in [0.2, 0.25) is 11.8 Å². The molecule has 0 heterocycles. The first-order chi connectivity index (χ1) is 18.5. The largest absolute Gasteiger partial charge is 0.354 e. The van der Waals surface area contributed by atoms with Crippen LogP contribution in [0.2, 0.25) is 0 Å². The summed E-state index contributed by atoms with van der Waals surface area (Å²) in [5, 5.41) is 2.95. The van der Waals surface area contributed by atoms with Gasteiger partial charge in [0.25, 0.3) is 10.0 Å². The molecule has 39 heavy (non-hydrogen) atoms. The van der Waals surface area contributed by atoms with Crippen LogP contribution in [0.25, 0.3) is 0 Å². The maximum atomic E-state index is 14.0. The van der Waals surface area contributed by atoms with Gasteiger partial charge in [0.1, 0.15) is 12.6 Å². The second kappa shape index (κ2) is 13.9. The summed E-state index contributed by atoms with van der Waals surface area (Å²) in [5.74, 6) is -0.459. The molecule has 1 atom stereocenters. The molecule has 0 saturated carbocycles. The number of carbonyl (C=O) groups excluding carboxylic acids is 2. The molecule has 0 bridgehead atoms. The fraction of sp³-hybridized carbons (Fsp3) is 0.333. The van der Waals surface area contributed by atoms with Crippen LogP contribution in [0.3, 0.4) is 0 Å². The highest BCUT2D eigenvalue weighted by Gasteiger charge is 2.33. The number of rotatable bonds is 12. The van der Waals surface area contributed by atoms with E-state index in [9.17, 15) is 18.0 Å². The molecule has 0 saturated heterocycles. The molecule has 0 aliphatic heterocycles. The molecule has 0 aliphatic rings. The van der Waals surface area contributed by atoms with Crippen LogP contribution in [-0.2, 0) is 26.2 Å². The number of hydrogen-bond donors (Lipinski definition) is 1. The van der Waals surface area contributed by atoms with E-state index in [1.54, 1.807) is 42.5 Å². The highest BCUT2D eigenvalue weighted by atomic mass is 127.